The second kappa shape index (κ2) is 5.63. The Labute approximate surface area is 122 Å². The highest BCUT2D eigenvalue weighted by Gasteiger charge is 2.47. The van der Waals surface area contributed by atoms with Crippen molar-refractivity contribution in [1.29, 1.82) is 0 Å². The first-order valence-electron chi connectivity index (χ1n) is 6.68. The van der Waals surface area contributed by atoms with E-state index in [1.165, 1.54) is 7.11 Å². The summed E-state index contributed by atoms with van der Waals surface area (Å²) < 4.78 is 4.75. The van der Waals surface area contributed by atoms with Crippen molar-refractivity contribution in [2.45, 2.75) is 43.6 Å². The molecular weight excluding hydrogens is 280 g/mol. The lowest BCUT2D eigenvalue weighted by Crippen LogP contribution is -2.53. The maximum atomic E-state index is 12.6. The molecule has 0 saturated carbocycles. The third kappa shape index (κ3) is 2.51. The van der Waals surface area contributed by atoms with Crippen LogP contribution in [0.4, 0.5) is 0 Å². The van der Waals surface area contributed by atoms with Crippen molar-refractivity contribution < 1.29 is 19.1 Å². The number of methoxy groups -OCH3 is 1. The highest BCUT2D eigenvalue weighted by atomic mass is 32.2. The summed E-state index contributed by atoms with van der Waals surface area (Å²) in [6.07, 6.45) is 2.14. The molecule has 0 N–H and O–H groups in total. The molecule has 112 valence electrons. The maximum Gasteiger partial charge on any atom is 0.328 e. The van der Waals surface area contributed by atoms with Crippen LogP contribution in [0.1, 0.15) is 26.7 Å². The fraction of sp³-hybridized carbons (Fsp3) is 0.769. The maximum absolute atomic E-state index is 12.6. The first-order chi connectivity index (χ1) is 9.42. The van der Waals surface area contributed by atoms with Gasteiger partial charge >= 0.3 is 5.97 Å². The molecule has 2 atom stereocenters. The number of hydrogen-bond donors (Lipinski definition) is 0. The van der Waals surface area contributed by atoms with E-state index in [9.17, 15) is 14.4 Å². The summed E-state index contributed by atoms with van der Waals surface area (Å²) in [4.78, 5) is 38.4. The van der Waals surface area contributed by atoms with Crippen LogP contribution in [0.2, 0.25) is 0 Å². The van der Waals surface area contributed by atoms with Crippen LogP contribution in [-0.2, 0) is 19.1 Å². The fourth-order valence-electron chi connectivity index (χ4n) is 2.81. The quantitative estimate of drug-likeness (QED) is 0.559. The van der Waals surface area contributed by atoms with Gasteiger partial charge in [-0.1, -0.05) is 0 Å². The highest BCUT2D eigenvalue weighted by molar-refractivity contribution is 8.00. The highest BCUT2D eigenvalue weighted by Crippen LogP contribution is 2.38. The molecule has 0 aromatic heterocycles. The van der Waals surface area contributed by atoms with Crippen LogP contribution in [0.3, 0.4) is 0 Å². The minimum atomic E-state index is -0.505. The van der Waals surface area contributed by atoms with Crippen LogP contribution in [0, 0.1) is 0 Å². The Hall–Kier alpha value is -1.24. The summed E-state index contributed by atoms with van der Waals surface area (Å²) in [6, 6.07) is -0.993. The Morgan fingerprint density at radius 2 is 2.05 bits per heavy atom. The molecule has 0 aromatic rings. The van der Waals surface area contributed by atoms with Gasteiger partial charge in [-0.3, -0.25) is 9.59 Å². The predicted octanol–water partition coefficient (Wildman–Crippen LogP) is 0.460. The number of hydrogen-bond acceptors (Lipinski definition) is 5. The summed E-state index contributed by atoms with van der Waals surface area (Å²) in [5, 5.41) is 0. The fourth-order valence-corrected chi connectivity index (χ4v) is 3.99. The monoisotopic (exact) mass is 300 g/mol. The third-order valence-corrected chi connectivity index (χ3v) is 5.36. The van der Waals surface area contributed by atoms with Gasteiger partial charge in [-0.25, -0.2) is 4.79 Å². The van der Waals surface area contributed by atoms with E-state index in [0.717, 1.165) is 12.8 Å². The lowest BCUT2D eigenvalue weighted by molar-refractivity contribution is -0.153. The lowest BCUT2D eigenvalue weighted by atomic mass is 10.1. The summed E-state index contributed by atoms with van der Waals surface area (Å²) in [6.45, 7) is 4.38. The van der Waals surface area contributed by atoms with Crippen molar-refractivity contribution in [3.05, 3.63) is 0 Å². The molecule has 2 fully saturated rings. The topological polar surface area (TPSA) is 66.9 Å². The van der Waals surface area contributed by atoms with Crippen LogP contribution in [0.15, 0.2) is 0 Å². The van der Waals surface area contributed by atoms with Crippen LogP contribution < -0.4 is 0 Å². The summed E-state index contributed by atoms with van der Waals surface area (Å²) >= 11 is 1.57. The molecule has 2 heterocycles. The van der Waals surface area contributed by atoms with Gasteiger partial charge in [0.25, 0.3) is 0 Å². The van der Waals surface area contributed by atoms with Crippen molar-refractivity contribution in [1.82, 2.24) is 9.80 Å². The number of esters is 1. The zero-order valence-electron chi connectivity index (χ0n) is 12.0. The molecule has 0 radical (unpaired) electrons. The molecule has 2 saturated heterocycles. The van der Waals surface area contributed by atoms with E-state index in [1.54, 1.807) is 21.6 Å². The number of carbonyl (C=O) groups excluding carboxylic acids is 3. The van der Waals surface area contributed by atoms with Gasteiger partial charge in [0.2, 0.25) is 12.3 Å². The van der Waals surface area contributed by atoms with E-state index in [-0.39, 0.29) is 16.7 Å². The van der Waals surface area contributed by atoms with E-state index < -0.39 is 12.1 Å². The van der Waals surface area contributed by atoms with Gasteiger partial charge in [0.15, 0.2) is 0 Å². The Balaban J connectivity index is 2.15. The van der Waals surface area contributed by atoms with Crippen molar-refractivity contribution in [2.24, 2.45) is 0 Å². The SMILES string of the molecule is COC(=O)[C@@H]1CCCN1C(=O)[C@@H]1CSC(C)(C)N1C=O. The zero-order chi connectivity index (χ0) is 14.9. The molecule has 2 amide bonds. The van der Waals surface area contributed by atoms with E-state index in [0.29, 0.717) is 18.7 Å². The molecule has 2 rings (SSSR count). The molecule has 0 aromatic carbocycles. The van der Waals surface area contributed by atoms with E-state index >= 15 is 0 Å². The third-order valence-electron chi connectivity index (χ3n) is 3.96. The van der Waals surface area contributed by atoms with Gasteiger partial charge in [-0.15, -0.1) is 11.8 Å². The van der Waals surface area contributed by atoms with E-state index in [1.807, 2.05) is 13.8 Å². The van der Waals surface area contributed by atoms with E-state index in [4.69, 9.17) is 4.74 Å². The van der Waals surface area contributed by atoms with Crippen LogP contribution in [0.25, 0.3) is 0 Å². The van der Waals surface area contributed by atoms with Crippen molar-refractivity contribution >= 4 is 30.0 Å². The van der Waals surface area contributed by atoms with Crippen LogP contribution in [-0.4, -0.2) is 64.4 Å². The standard InChI is InChI=1S/C13H20N2O4S/c1-13(2)15(8-16)10(7-20-13)11(17)14-6-4-5-9(14)12(18)19-3/h8-10H,4-7H2,1-3H3/t9-,10-/m0/s1. The van der Waals surface area contributed by atoms with Crippen LogP contribution >= 0.6 is 11.8 Å². The molecule has 2 aliphatic heterocycles. The minimum Gasteiger partial charge on any atom is -0.467 e. The molecule has 6 nitrogen and oxygen atoms in total. The van der Waals surface area contributed by atoms with Crippen LogP contribution in [0.5, 0.6) is 0 Å². The lowest BCUT2D eigenvalue weighted by Gasteiger charge is -2.33. The molecular formula is C13H20N2O4S. The normalized spacial score (nSPS) is 28.6. The number of likely N-dealkylation sites (tertiary alicyclic amines) is 1. The number of amides is 2. The van der Waals surface area contributed by atoms with Crippen molar-refractivity contribution in [3.63, 3.8) is 0 Å². The molecule has 7 heteroatoms. The first-order valence-corrected chi connectivity index (χ1v) is 7.67. The smallest absolute Gasteiger partial charge is 0.328 e. The average Bonchev–Trinajstić information content (AvgIpc) is 3.00. The average molecular weight is 300 g/mol. The summed E-state index contributed by atoms with van der Waals surface area (Å²) in [7, 11) is 1.33. The van der Waals surface area contributed by atoms with E-state index in [2.05, 4.69) is 0 Å². The number of rotatable bonds is 3. The predicted molar refractivity (Wildman–Crippen MR) is 75.0 cm³/mol. The van der Waals surface area contributed by atoms with Crippen molar-refractivity contribution in [3.8, 4) is 0 Å². The molecule has 0 spiro atoms. The van der Waals surface area contributed by atoms with Gasteiger partial charge in [-0.05, 0) is 26.7 Å². The Bertz CT molecular complexity index is 427. The van der Waals surface area contributed by atoms with Gasteiger partial charge in [0.1, 0.15) is 12.1 Å². The largest absolute Gasteiger partial charge is 0.467 e. The first kappa shape index (κ1) is 15.2. The number of ether oxygens (including phenoxy) is 1. The summed E-state index contributed by atoms with van der Waals surface area (Å²) in [5.41, 5.74) is 0. The molecule has 0 unspecified atom stereocenters. The van der Waals surface area contributed by atoms with Gasteiger partial charge in [0, 0.05) is 12.3 Å². The Kier molecular flexibility index (Phi) is 4.27. The molecule has 0 aliphatic carbocycles. The number of nitrogens with zero attached hydrogens (tertiary/aromatic N) is 2. The molecule has 2 aliphatic rings. The second-order valence-electron chi connectivity index (χ2n) is 5.50. The minimum absolute atomic E-state index is 0.150. The Morgan fingerprint density at radius 3 is 2.65 bits per heavy atom. The Morgan fingerprint density at radius 1 is 1.35 bits per heavy atom. The molecule has 0 bridgehead atoms. The second-order valence-corrected chi connectivity index (χ2v) is 7.12. The van der Waals surface area contributed by atoms with Crippen molar-refractivity contribution in [2.75, 3.05) is 19.4 Å². The van der Waals surface area contributed by atoms with Gasteiger partial charge < -0.3 is 14.5 Å². The molecule has 20 heavy (non-hydrogen) atoms. The summed E-state index contributed by atoms with van der Waals surface area (Å²) in [5.74, 6) is 0.0381. The zero-order valence-corrected chi connectivity index (χ0v) is 12.8. The number of thioether (sulfide) groups is 1. The number of carbonyl (C=O) groups is 3. The van der Waals surface area contributed by atoms with Gasteiger partial charge in [0.05, 0.1) is 12.0 Å². The van der Waals surface area contributed by atoms with Gasteiger partial charge in [-0.2, -0.15) is 0 Å².